The quantitative estimate of drug-likeness (QED) is 0.262. The summed E-state index contributed by atoms with van der Waals surface area (Å²) in [6.07, 6.45) is 0. The Kier molecular flexibility index (Phi) is 13.7. The van der Waals surface area contributed by atoms with Crippen molar-refractivity contribution >= 4 is 0 Å². The van der Waals surface area contributed by atoms with E-state index < -0.39 is 0 Å². The lowest BCUT2D eigenvalue weighted by molar-refractivity contribution is 0.738. The number of nitrogens with one attached hydrogen (secondary N) is 1. The SMILES string of the molecule is NCCNN.O. The van der Waals surface area contributed by atoms with Gasteiger partial charge in [-0.25, -0.2) is 0 Å². The van der Waals surface area contributed by atoms with Crippen molar-refractivity contribution < 1.29 is 5.48 Å². The normalized spacial score (nSPS) is 7.00. The van der Waals surface area contributed by atoms with Crippen LogP contribution in [0.25, 0.3) is 0 Å². The summed E-state index contributed by atoms with van der Waals surface area (Å²) in [4.78, 5) is 0. The minimum atomic E-state index is 0. The third-order valence-electron chi connectivity index (χ3n) is 0.289. The molecule has 0 aromatic rings. The first kappa shape index (κ1) is 9.28. The number of rotatable bonds is 2. The highest BCUT2D eigenvalue weighted by molar-refractivity contribution is 4.31. The Morgan fingerprint density at radius 1 is 1.50 bits per heavy atom. The molecule has 4 heteroatoms. The number of hydrogen-bond donors (Lipinski definition) is 3. The lowest BCUT2D eigenvalue weighted by Crippen LogP contribution is -2.28. The summed E-state index contributed by atoms with van der Waals surface area (Å²) in [6.45, 7) is 1.30. The first-order valence-electron chi connectivity index (χ1n) is 1.55. The van der Waals surface area contributed by atoms with E-state index in [0.29, 0.717) is 13.1 Å². The zero-order valence-electron chi connectivity index (χ0n) is 3.57. The Balaban J connectivity index is 0. The van der Waals surface area contributed by atoms with Gasteiger partial charge in [0.1, 0.15) is 0 Å². The van der Waals surface area contributed by atoms with E-state index in [4.69, 9.17) is 11.6 Å². The second-order valence-electron chi connectivity index (χ2n) is 0.743. The van der Waals surface area contributed by atoms with E-state index in [-0.39, 0.29) is 5.48 Å². The molecule has 0 saturated heterocycles. The predicted octanol–water partition coefficient (Wildman–Crippen LogP) is -2.42. The van der Waals surface area contributed by atoms with Gasteiger partial charge in [0.25, 0.3) is 0 Å². The van der Waals surface area contributed by atoms with Crippen LogP contribution in [0.1, 0.15) is 0 Å². The van der Waals surface area contributed by atoms with Crippen molar-refractivity contribution in [1.82, 2.24) is 5.43 Å². The van der Waals surface area contributed by atoms with Gasteiger partial charge in [-0.05, 0) is 0 Å². The molecule has 0 spiro atoms. The summed E-state index contributed by atoms with van der Waals surface area (Å²) in [6, 6.07) is 0. The second-order valence-corrected chi connectivity index (χ2v) is 0.743. The molecule has 0 heterocycles. The van der Waals surface area contributed by atoms with Crippen LogP contribution in [-0.2, 0) is 0 Å². The highest BCUT2D eigenvalue weighted by Crippen LogP contribution is 1.33. The molecule has 0 aliphatic carbocycles. The lowest BCUT2D eigenvalue weighted by Gasteiger charge is -1.85. The number of nitrogens with two attached hydrogens (primary N) is 2. The summed E-state index contributed by atoms with van der Waals surface area (Å²) in [5.41, 5.74) is 7.39. The molecule has 0 saturated carbocycles. The third-order valence-corrected chi connectivity index (χ3v) is 0.289. The number of hydrogen-bond acceptors (Lipinski definition) is 3. The molecule has 0 radical (unpaired) electrons. The van der Waals surface area contributed by atoms with Gasteiger partial charge in [0.2, 0.25) is 0 Å². The molecule has 7 N–H and O–H groups in total. The third kappa shape index (κ3) is 9.15. The lowest BCUT2D eigenvalue weighted by atomic mass is 10.7. The molecule has 0 aromatic heterocycles. The topological polar surface area (TPSA) is 95.6 Å². The van der Waals surface area contributed by atoms with E-state index in [2.05, 4.69) is 5.43 Å². The van der Waals surface area contributed by atoms with Crippen LogP contribution in [0.2, 0.25) is 0 Å². The van der Waals surface area contributed by atoms with Crippen molar-refractivity contribution in [3.8, 4) is 0 Å². The van der Waals surface area contributed by atoms with Gasteiger partial charge in [0, 0.05) is 13.1 Å². The van der Waals surface area contributed by atoms with Crippen LogP contribution in [-0.4, -0.2) is 18.6 Å². The summed E-state index contributed by atoms with van der Waals surface area (Å²) in [7, 11) is 0. The fourth-order valence-corrected chi connectivity index (χ4v) is 0.0833. The Bertz CT molecular complexity index is 16.3. The van der Waals surface area contributed by atoms with E-state index >= 15 is 0 Å². The van der Waals surface area contributed by atoms with Crippen molar-refractivity contribution in [3.05, 3.63) is 0 Å². The highest BCUT2D eigenvalue weighted by Gasteiger charge is 1.64. The van der Waals surface area contributed by atoms with Crippen molar-refractivity contribution in [1.29, 1.82) is 0 Å². The molecule has 0 amide bonds. The molecule has 6 heavy (non-hydrogen) atoms. The number of hydrazine groups is 1. The largest absolute Gasteiger partial charge is 0.412 e. The van der Waals surface area contributed by atoms with E-state index in [0.717, 1.165) is 0 Å². The van der Waals surface area contributed by atoms with Gasteiger partial charge in [-0.15, -0.1) is 0 Å². The molecular weight excluding hydrogens is 82.0 g/mol. The van der Waals surface area contributed by atoms with E-state index in [1.165, 1.54) is 0 Å². The molecule has 0 unspecified atom stereocenters. The fraction of sp³-hybridized carbons (Fsp3) is 1.00. The molecule has 0 aliphatic rings. The minimum Gasteiger partial charge on any atom is -0.412 e. The molecule has 0 aliphatic heterocycles. The van der Waals surface area contributed by atoms with Gasteiger partial charge < -0.3 is 11.2 Å². The van der Waals surface area contributed by atoms with Crippen molar-refractivity contribution in [2.45, 2.75) is 0 Å². The van der Waals surface area contributed by atoms with Gasteiger partial charge in [0.15, 0.2) is 0 Å². The molecule has 0 bridgehead atoms. The van der Waals surface area contributed by atoms with Crippen LogP contribution >= 0.6 is 0 Å². The van der Waals surface area contributed by atoms with Gasteiger partial charge in [-0.1, -0.05) is 0 Å². The summed E-state index contributed by atoms with van der Waals surface area (Å²) in [5.74, 6) is 4.81. The second kappa shape index (κ2) is 8.85. The maximum atomic E-state index is 5.00. The molecule has 0 atom stereocenters. The van der Waals surface area contributed by atoms with Crippen molar-refractivity contribution in [2.75, 3.05) is 13.1 Å². The summed E-state index contributed by atoms with van der Waals surface area (Å²) < 4.78 is 0. The molecule has 0 rings (SSSR count). The van der Waals surface area contributed by atoms with Gasteiger partial charge in [0.05, 0.1) is 0 Å². The smallest absolute Gasteiger partial charge is 0.0220 e. The van der Waals surface area contributed by atoms with Gasteiger partial charge in [-0.3, -0.25) is 11.3 Å². The molecule has 0 aromatic carbocycles. The molecule has 4 nitrogen and oxygen atoms in total. The Labute approximate surface area is 36.8 Å². The first-order valence-corrected chi connectivity index (χ1v) is 1.55. The molecular formula is C2H11N3O. The minimum absolute atomic E-state index is 0. The standard InChI is InChI=1S/C2H9N3.H2O/c3-1-2-5-4;/h5H,1-4H2;1H2. The fourth-order valence-electron chi connectivity index (χ4n) is 0.0833. The van der Waals surface area contributed by atoms with E-state index in [9.17, 15) is 0 Å². The van der Waals surface area contributed by atoms with Crippen LogP contribution in [0.3, 0.4) is 0 Å². The van der Waals surface area contributed by atoms with Crippen molar-refractivity contribution in [3.63, 3.8) is 0 Å². The monoisotopic (exact) mass is 93.1 g/mol. The van der Waals surface area contributed by atoms with Gasteiger partial charge >= 0.3 is 0 Å². The molecule has 0 fully saturated rings. The maximum absolute atomic E-state index is 5.00. The molecule has 40 valence electrons. The van der Waals surface area contributed by atoms with Crippen molar-refractivity contribution in [2.24, 2.45) is 11.6 Å². The van der Waals surface area contributed by atoms with Crippen LogP contribution in [0.15, 0.2) is 0 Å². The van der Waals surface area contributed by atoms with Crippen LogP contribution in [0.5, 0.6) is 0 Å². The van der Waals surface area contributed by atoms with E-state index in [1.807, 2.05) is 0 Å². The summed E-state index contributed by atoms with van der Waals surface area (Å²) >= 11 is 0. The first-order chi connectivity index (χ1) is 2.41. The average Bonchev–Trinajstić information content (AvgIpc) is 1.41. The van der Waals surface area contributed by atoms with Crippen LogP contribution in [0, 0.1) is 0 Å². The summed E-state index contributed by atoms with van der Waals surface area (Å²) in [5, 5.41) is 0. The Morgan fingerprint density at radius 3 is 2.00 bits per heavy atom. The van der Waals surface area contributed by atoms with Gasteiger partial charge in [-0.2, -0.15) is 0 Å². The van der Waals surface area contributed by atoms with Crippen LogP contribution < -0.4 is 17.0 Å². The average molecular weight is 93.1 g/mol. The maximum Gasteiger partial charge on any atom is 0.0220 e. The zero-order valence-corrected chi connectivity index (χ0v) is 3.57. The highest BCUT2D eigenvalue weighted by atomic mass is 16.0. The van der Waals surface area contributed by atoms with E-state index in [1.54, 1.807) is 0 Å². The Morgan fingerprint density at radius 2 is 2.00 bits per heavy atom. The predicted molar refractivity (Wildman–Crippen MR) is 24.9 cm³/mol. The zero-order chi connectivity index (χ0) is 4.12. The van der Waals surface area contributed by atoms with Crippen LogP contribution in [0.4, 0.5) is 0 Å². The Hall–Kier alpha value is -0.160.